The molecule has 1 aliphatic heterocycles. The quantitative estimate of drug-likeness (QED) is 0.298. The highest BCUT2D eigenvalue weighted by Crippen LogP contribution is 2.49. The third kappa shape index (κ3) is 7.18. The maximum atomic E-state index is 14.4. The molecule has 0 saturated heterocycles. The lowest BCUT2D eigenvalue weighted by molar-refractivity contribution is -0.137. The minimum atomic E-state index is -0.968. The maximum absolute atomic E-state index is 14.4. The first-order chi connectivity index (χ1) is 21.2. The van der Waals surface area contributed by atoms with Crippen LogP contribution in [0.5, 0.6) is 0 Å². The standard InChI is InChI=1S/C36H47N5O4/c1-22(37)31(23(2)38-7)27-9-8-10-28(21-27)32-34(45)41(36(40-32)18-15-29(16-19-36)35(4,5)6)24(3)25-11-13-26(14-12-25)33(44)39-20-17-30(42)43/h8-14,21,24,29H,15-20,37H2,1-7H3,(H,39,44)(H,42,43)/t24-,29?,36?/m1/s1. The Balaban J connectivity index is 1.69. The number of hydrogen-bond acceptors (Lipinski definition) is 6. The van der Waals surface area contributed by atoms with Crippen molar-refractivity contribution < 1.29 is 19.5 Å². The van der Waals surface area contributed by atoms with Crippen molar-refractivity contribution in [1.82, 2.24) is 10.2 Å². The summed E-state index contributed by atoms with van der Waals surface area (Å²) in [7, 11) is 1.74. The number of nitrogens with two attached hydrogens (primary N) is 1. The molecule has 0 unspecified atom stereocenters. The van der Waals surface area contributed by atoms with Crippen molar-refractivity contribution in [3.8, 4) is 0 Å². The van der Waals surface area contributed by atoms with Crippen molar-refractivity contribution in [2.24, 2.45) is 27.1 Å². The van der Waals surface area contributed by atoms with Gasteiger partial charge in [-0.15, -0.1) is 0 Å². The summed E-state index contributed by atoms with van der Waals surface area (Å²) in [6.45, 7) is 12.7. The molecule has 240 valence electrons. The van der Waals surface area contributed by atoms with Crippen LogP contribution in [-0.2, 0) is 9.59 Å². The van der Waals surface area contributed by atoms with Gasteiger partial charge in [-0.2, -0.15) is 0 Å². The van der Waals surface area contributed by atoms with E-state index < -0.39 is 11.6 Å². The molecule has 0 radical (unpaired) electrons. The second-order valence-electron chi connectivity index (χ2n) is 13.4. The van der Waals surface area contributed by atoms with E-state index in [1.807, 2.05) is 62.1 Å². The average molecular weight is 614 g/mol. The number of nitrogens with one attached hydrogen (secondary N) is 1. The summed E-state index contributed by atoms with van der Waals surface area (Å²) in [5.41, 5.74) is 11.5. The second-order valence-corrected chi connectivity index (χ2v) is 13.4. The fourth-order valence-corrected chi connectivity index (χ4v) is 6.74. The van der Waals surface area contributed by atoms with Gasteiger partial charge in [0, 0.05) is 41.7 Å². The molecule has 1 spiro atoms. The summed E-state index contributed by atoms with van der Waals surface area (Å²) >= 11 is 0. The van der Waals surface area contributed by atoms with E-state index in [2.05, 4.69) is 31.1 Å². The molecular formula is C36H47N5O4. The van der Waals surface area contributed by atoms with Crippen LogP contribution in [0.4, 0.5) is 0 Å². The summed E-state index contributed by atoms with van der Waals surface area (Å²) in [6, 6.07) is 14.7. The first-order valence-corrected chi connectivity index (χ1v) is 15.7. The van der Waals surface area contributed by atoms with Crippen LogP contribution in [0.2, 0.25) is 0 Å². The van der Waals surface area contributed by atoms with Crippen LogP contribution in [-0.4, -0.2) is 58.5 Å². The smallest absolute Gasteiger partial charge is 0.305 e. The first-order valence-electron chi connectivity index (χ1n) is 15.7. The van der Waals surface area contributed by atoms with Crippen LogP contribution in [0.15, 0.2) is 64.2 Å². The highest BCUT2D eigenvalue weighted by molar-refractivity contribution is 6.47. The number of carbonyl (C=O) groups is 3. The number of carboxylic acid groups (broad SMARTS) is 1. The Bertz CT molecular complexity index is 1540. The highest BCUT2D eigenvalue weighted by Gasteiger charge is 2.52. The van der Waals surface area contributed by atoms with Gasteiger partial charge in [-0.1, -0.05) is 51.1 Å². The van der Waals surface area contributed by atoms with Gasteiger partial charge in [0.25, 0.3) is 11.8 Å². The van der Waals surface area contributed by atoms with Gasteiger partial charge in [0.1, 0.15) is 11.4 Å². The topological polar surface area (TPSA) is 137 Å². The van der Waals surface area contributed by atoms with Crippen molar-refractivity contribution in [1.29, 1.82) is 0 Å². The molecule has 1 heterocycles. The molecule has 2 aromatic rings. The van der Waals surface area contributed by atoms with Gasteiger partial charge in [0.15, 0.2) is 0 Å². The zero-order valence-corrected chi connectivity index (χ0v) is 27.6. The van der Waals surface area contributed by atoms with Crippen molar-refractivity contribution in [3.63, 3.8) is 0 Å². The van der Waals surface area contributed by atoms with E-state index in [0.29, 0.717) is 22.9 Å². The highest BCUT2D eigenvalue weighted by atomic mass is 16.4. The Hall–Kier alpha value is -4.27. The van der Waals surface area contributed by atoms with Gasteiger partial charge in [-0.05, 0) is 87.1 Å². The number of benzene rings is 2. The molecule has 9 heteroatoms. The summed E-state index contributed by atoms with van der Waals surface area (Å²) < 4.78 is 0. The van der Waals surface area contributed by atoms with E-state index >= 15 is 0 Å². The number of carbonyl (C=O) groups excluding carboxylic acids is 2. The Morgan fingerprint density at radius 1 is 1.11 bits per heavy atom. The summed E-state index contributed by atoms with van der Waals surface area (Å²) in [5, 5.41) is 11.5. The minimum Gasteiger partial charge on any atom is -0.481 e. The Morgan fingerprint density at radius 3 is 2.31 bits per heavy atom. The second kappa shape index (κ2) is 13.4. The fraction of sp³-hybridized carbons (Fsp3) is 0.472. The summed E-state index contributed by atoms with van der Waals surface area (Å²) in [4.78, 5) is 49.4. The summed E-state index contributed by atoms with van der Waals surface area (Å²) in [5.74, 6) is -0.877. The average Bonchev–Trinajstić information content (AvgIpc) is 3.27. The van der Waals surface area contributed by atoms with Gasteiger partial charge in [0.05, 0.1) is 12.5 Å². The van der Waals surface area contributed by atoms with Gasteiger partial charge in [-0.25, -0.2) is 0 Å². The normalized spacial score (nSPS) is 21.8. The first kappa shape index (κ1) is 33.6. The minimum absolute atomic E-state index is 0.0565. The Morgan fingerprint density at radius 2 is 1.76 bits per heavy atom. The van der Waals surface area contributed by atoms with Crippen LogP contribution in [0, 0.1) is 11.3 Å². The SMILES string of the molecule is CN=C(C)C(=C(C)N)c1cccc(C2=NC3(CCC(C(C)(C)C)CC3)N([C@H](C)c3ccc(C(=O)NCCC(=O)O)cc3)C2=O)c1. The zero-order valence-electron chi connectivity index (χ0n) is 27.6. The molecule has 4 rings (SSSR count). The molecule has 9 nitrogen and oxygen atoms in total. The van der Waals surface area contributed by atoms with Crippen molar-refractivity contribution in [2.75, 3.05) is 13.6 Å². The van der Waals surface area contributed by atoms with Crippen LogP contribution < -0.4 is 11.1 Å². The monoisotopic (exact) mass is 613 g/mol. The molecule has 1 fully saturated rings. The number of allylic oxidation sites excluding steroid dienone is 2. The van der Waals surface area contributed by atoms with Gasteiger partial charge < -0.3 is 21.1 Å². The molecule has 1 atom stereocenters. The molecule has 2 aromatic carbocycles. The van der Waals surface area contributed by atoms with Gasteiger partial charge in [-0.3, -0.25) is 24.4 Å². The van der Waals surface area contributed by atoms with Crippen molar-refractivity contribution in [2.45, 2.75) is 85.4 Å². The van der Waals surface area contributed by atoms with E-state index in [1.54, 1.807) is 19.2 Å². The predicted molar refractivity (Wildman–Crippen MR) is 179 cm³/mol. The third-order valence-corrected chi connectivity index (χ3v) is 9.38. The lowest BCUT2D eigenvalue weighted by Crippen LogP contribution is -2.50. The lowest BCUT2D eigenvalue weighted by atomic mass is 9.69. The van der Waals surface area contributed by atoms with E-state index in [9.17, 15) is 14.4 Å². The zero-order chi connectivity index (χ0) is 33.1. The fourth-order valence-electron chi connectivity index (χ4n) is 6.74. The number of nitrogens with zero attached hydrogens (tertiary/aromatic N) is 3. The molecule has 1 aliphatic carbocycles. The summed E-state index contributed by atoms with van der Waals surface area (Å²) in [6.07, 6.45) is 3.34. The number of aliphatic imine (C=N–C) groups is 2. The van der Waals surface area contributed by atoms with E-state index in [0.717, 1.165) is 53.7 Å². The van der Waals surface area contributed by atoms with Crippen molar-refractivity contribution >= 4 is 34.8 Å². The van der Waals surface area contributed by atoms with E-state index in [-0.39, 0.29) is 36.2 Å². The third-order valence-electron chi connectivity index (χ3n) is 9.38. The van der Waals surface area contributed by atoms with Crippen LogP contribution >= 0.6 is 0 Å². The molecule has 1 saturated carbocycles. The molecule has 45 heavy (non-hydrogen) atoms. The molecule has 2 aliphatic rings. The lowest BCUT2D eigenvalue weighted by Gasteiger charge is -2.46. The van der Waals surface area contributed by atoms with Gasteiger partial charge in [0.2, 0.25) is 0 Å². The largest absolute Gasteiger partial charge is 0.481 e. The number of aliphatic carboxylic acids is 1. The molecular weight excluding hydrogens is 566 g/mol. The van der Waals surface area contributed by atoms with E-state index in [4.69, 9.17) is 15.8 Å². The predicted octanol–water partition coefficient (Wildman–Crippen LogP) is 6.00. The Kier molecular flexibility index (Phi) is 10.00. The maximum Gasteiger partial charge on any atom is 0.305 e. The Labute approximate surface area is 266 Å². The number of hydrogen-bond donors (Lipinski definition) is 3. The van der Waals surface area contributed by atoms with Gasteiger partial charge >= 0.3 is 5.97 Å². The van der Waals surface area contributed by atoms with Crippen molar-refractivity contribution in [3.05, 3.63) is 76.5 Å². The van der Waals surface area contributed by atoms with Crippen LogP contribution in [0.3, 0.4) is 0 Å². The molecule has 4 N–H and O–H groups in total. The molecule has 0 bridgehead atoms. The molecule has 2 amide bonds. The van der Waals surface area contributed by atoms with Crippen LogP contribution in [0.25, 0.3) is 5.57 Å². The molecule has 0 aromatic heterocycles. The number of rotatable bonds is 9. The van der Waals surface area contributed by atoms with Crippen LogP contribution in [0.1, 0.15) is 107 Å². The van der Waals surface area contributed by atoms with E-state index in [1.165, 1.54) is 0 Å². The number of carboxylic acids is 1. The number of amides is 2.